The van der Waals surface area contributed by atoms with Crippen molar-refractivity contribution in [3.05, 3.63) is 35.6 Å². The zero-order valence-corrected chi connectivity index (χ0v) is 11.2. The minimum absolute atomic E-state index is 0.00306. The van der Waals surface area contributed by atoms with Crippen LogP contribution in [0.5, 0.6) is 0 Å². The van der Waals surface area contributed by atoms with E-state index in [0.717, 1.165) is 16.3 Å². The Morgan fingerprint density at radius 3 is 2.78 bits per heavy atom. The molecular weight excluding hydrogens is 246 g/mol. The van der Waals surface area contributed by atoms with E-state index in [1.54, 1.807) is 23.7 Å². The number of pyridine rings is 1. The van der Waals surface area contributed by atoms with Crippen LogP contribution in [0.4, 0.5) is 0 Å². The summed E-state index contributed by atoms with van der Waals surface area (Å²) in [7, 11) is 0. The Balaban J connectivity index is 2.01. The third kappa shape index (κ3) is 3.13. The molecule has 2 rings (SSSR count). The van der Waals surface area contributed by atoms with E-state index in [1.807, 2.05) is 31.4 Å². The molecule has 0 aliphatic carbocycles. The quantitative estimate of drug-likeness (QED) is 0.920. The van der Waals surface area contributed by atoms with Gasteiger partial charge in [-0.25, -0.2) is 4.98 Å². The van der Waals surface area contributed by atoms with Crippen molar-refractivity contribution < 1.29 is 4.79 Å². The van der Waals surface area contributed by atoms with Crippen LogP contribution in [-0.2, 0) is 11.3 Å². The number of rotatable bonds is 4. The average molecular weight is 261 g/mol. The summed E-state index contributed by atoms with van der Waals surface area (Å²) in [6.45, 7) is 4.23. The van der Waals surface area contributed by atoms with E-state index in [9.17, 15) is 4.79 Å². The van der Waals surface area contributed by atoms with Crippen molar-refractivity contribution in [2.75, 3.05) is 0 Å². The maximum absolute atomic E-state index is 11.4. The standard InChI is InChI=1S/C13H15N3OS/c1-9(2)12(17)15-7-11-8-18-13(16-11)10-3-5-14-6-4-10/h3-6,8-9H,7H2,1-2H3,(H,15,17). The van der Waals surface area contributed by atoms with Crippen LogP contribution >= 0.6 is 11.3 Å². The van der Waals surface area contributed by atoms with Crippen molar-refractivity contribution in [2.24, 2.45) is 5.92 Å². The van der Waals surface area contributed by atoms with Crippen LogP contribution < -0.4 is 5.32 Å². The molecule has 0 bridgehead atoms. The van der Waals surface area contributed by atoms with Gasteiger partial charge in [-0.2, -0.15) is 0 Å². The van der Waals surface area contributed by atoms with Gasteiger partial charge in [-0.3, -0.25) is 9.78 Å². The van der Waals surface area contributed by atoms with Gasteiger partial charge in [0.1, 0.15) is 5.01 Å². The second-order valence-corrected chi connectivity index (χ2v) is 5.11. The van der Waals surface area contributed by atoms with E-state index in [4.69, 9.17) is 0 Å². The predicted molar refractivity (Wildman–Crippen MR) is 72.0 cm³/mol. The minimum Gasteiger partial charge on any atom is -0.350 e. The summed E-state index contributed by atoms with van der Waals surface area (Å²) < 4.78 is 0. The summed E-state index contributed by atoms with van der Waals surface area (Å²) in [5.74, 6) is 0.0526. The normalized spacial score (nSPS) is 10.6. The lowest BCUT2D eigenvalue weighted by atomic mass is 10.2. The number of nitrogens with zero attached hydrogens (tertiary/aromatic N) is 2. The molecule has 0 radical (unpaired) electrons. The Labute approximate surface area is 110 Å². The van der Waals surface area contributed by atoms with Gasteiger partial charge in [0.25, 0.3) is 0 Å². The molecule has 0 aromatic carbocycles. The first-order valence-electron chi connectivity index (χ1n) is 5.79. The molecule has 0 aliphatic rings. The highest BCUT2D eigenvalue weighted by Crippen LogP contribution is 2.22. The van der Waals surface area contributed by atoms with Crippen molar-refractivity contribution in [1.29, 1.82) is 0 Å². The van der Waals surface area contributed by atoms with Crippen LogP contribution in [0.1, 0.15) is 19.5 Å². The van der Waals surface area contributed by atoms with E-state index in [0.29, 0.717) is 6.54 Å². The second-order valence-electron chi connectivity index (χ2n) is 4.25. The number of amides is 1. The largest absolute Gasteiger partial charge is 0.350 e. The van der Waals surface area contributed by atoms with Crippen LogP contribution in [0.25, 0.3) is 10.6 Å². The molecule has 0 fully saturated rings. The molecule has 5 heteroatoms. The number of carbonyl (C=O) groups is 1. The zero-order valence-electron chi connectivity index (χ0n) is 10.4. The molecule has 2 aromatic rings. The molecule has 0 atom stereocenters. The summed E-state index contributed by atoms with van der Waals surface area (Å²) in [4.78, 5) is 19.9. The fourth-order valence-corrected chi connectivity index (χ4v) is 2.22. The molecular formula is C13H15N3OS. The Morgan fingerprint density at radius 1 is 1.39 bits per heavy atom. The van der Waals surface area contributed by atoms with E-state index >= 15 is 0 Å². The highest BCUT2D eigenvalue weighted by molar-refractivity contribution is 7.13. The molecule has 0 saturated carbocycles. The van der Waals surface area contributed by atoms with Gasteiger partial charge in [-0.15, -0.1) is 11.3 Å². The van der Waals surface area contributed by atoms with E-state index in [2.05, 4.69) is 15.3 Å². The molecule has 4 nitrogen and oxygen atoms in total. The van der Waals surface area contributed by atoms with Crippen LogP contribution in [-0.4, -0.2) is 15.9 Å². The Kier molecular flexibility index (Phi) is 4.04. The highest BCUT2D eigenvalue weighted by atomic mass is 32.1. The van der Waals surface area contributed by atoms with Gasteiger partial charge in [-0.05, 0) is 12.1 Å². The molecule has 0 aliphatic heterocycles. The molecule has 1 N–H and O–H groups in total. The molecule has 1 amide bonds. The van der Waals surface area contributed by atoms with Gasteiger partial charge < -0.3 is 5.32 Å². The van der Waals surface area contributed by atoms with Crippen LogP contribution in [0.2, 0.25) is 0 Å². The lowest BCUT2D eigenvalue weighted by molar-refractivity contribution is -0.124. The van der Waals surface area contributed by atoms with Gasteiger partial charge in [0.2, 0.25) is 5.91 Å². The Hall–Kier alpha value is -1.75. The first kappa shape index (κ1) is 12.7. The maximum atomic E-state index is 11.4. The molecule has 18 heavy (non-hydrogen) atoms. The topological polar surface area (TPSA) is 54.9 Å². The summed E-state index contributed by atoms with van der Waals surface area (Å²) >= 11 is 1.57. The first-order valence-corrected chi connectivity index (χ1v) is 6.67. The van der Waals surface area contributed by atoms with Crippen molar-refractivity contribution >= 4 is 17.2 Å². The first-order chi connectivity index (χ1) is 8.66. The summed E-state index contributed by atoms with van der Waals surface area (Å²) in [6.07, 6.45) is 3.49. The van der Waals surface area contributed by atoms with Crippen molar-refractivity contribution in [3.8, 4) is 10.6 Å². The van der Waals surface area contributed by atoms with Gasteiger partial charge in [-0.1, -0.05) is 13.8 Å². The summed E-state index contributed by atoms with van der Waals surface area (Å²) in [6, 6.07) is 3.85. The van der Waals surface area contributed by atoms with Crippen LogP contribution in [0.3, 0.4) is 0 Å². The van der Waals surface area contributed by atoms with E-state index in [-0.39, 0.29) is 11.8 Å². The number of hydrogen-bond acceptors (Lipinski definition) is 4. The van der Waals surface area contributed by atoms with Crippen molar-refractivity contribution in [3.63, 3.8) is 0 Å². The number of carbonyl (C=O) groups excluding carboxylic acids is 1. The van der Waals surface area contributed by atoms with Crippen LogP contribution in [0, 0.1) is 5.92 Å². The van der Waals surface area contributed by atoms with Gasteiger partial charge in [0, 0.05) is 29.3 Å². The Morgan fingerprint density at radius 2 is 2.11 bits per heavy atom. The molecule has 0 saturated heterocycles. The zero-order chi connectivity index (χ0) is 13.0. The van der Waals surface area contributed by atoms with Crippen molar-refractivity contribution in [2.45, 2.75) is 20.4 Å². The lowest BCUT2D eigenvalue weighted by Gasteiger charge is -2.05. The molecule has 0 spiro atoms. The number of nitrogens with one attached hydrogen (secondary N) is 1. The summed E-state index contributed by atoms with van der Waals surface area (Å²) in [5.41, 5.74) is 1.94. The molecule has 2 heterocycles. The molecule has 94 valence electrons. The minimum atomic E-state index is 0.00306. The third-order valence-corrected chi connectivity index (χ3v) is 3.39. The van der Waals surface area contributed by atoms with Gasteiger partial charge >= 0.3 is 0 Å². The van der Waals surface area contributed by atoms with E-state index in [1.165, 1.54) is 0 Å². The fourth-order valence-electron chi connectivity index (χ4n) is 1.40. The van der Waals surface area contributed by atoms with Crippen molar-refractivity contribution in [1.82, 2.24) is 15.3 Å². The Bertz CT molecular complexity index is 522. The number of hydrogen-bond donors (Lipinski definition) is 1. The predicted octanol–water partition coefficient (Wildman–Crippen LogP) is 2.48. The average Bonchev–Trinajstić information content (AvgIpc) is 2.85. The van der Waals surface area contributed by atoms with E-state index < -0.39 is 0 Å². The number of thiazole rings is 1. The van der Waals surface area contributed by atoms with Crippen LogP contribution in [0.15, 0.2) is 29.9 Å². The maximum Gasteiger partial charge on any atom is 0.222 e. The van der Waals surface area contributed by atoms with Gasteiger partial charge in [0.15, 0.2) is 0 Å². The lowest BCUT2D eigenvalue weighted by Crippen LogP contribution is -2.27. The fraction of sp³-hybridized carbons (Fsp3) is 0.308. The SMILES string of the molecule is CC(C)C(=O)NCc1csc(-c2ccncc2)n1. The molecule has 2 aromatic heterocycles. The third-order valence-electron chi connectivity index (χ3n) is 2.45. The second kappa shape index (κ2) is 5.73. The highest BCUT2D eigenvalue weighted by Gasteiger charge is 2.08. The number of aromatic nitrogens is 2. The molecule has 0 unspecified atom stereocenters. The monoisotopic (exact) mass is 261 g/mol. The smallest absolute Gasteiger partial charge is 0.222 e. The summed E-state index contributed by atoms with van der Waals surface area (Å²) in [5, 5.41) is 5.77. The van der Waals surface area contributed by atoms with Gasteiger partial charge in [0.05, 0.1) is 12.2 Å².